The van der Waals surface area contributed by atoms with Gasteiger partial charge >= 0.3 is 12.1 Å². The molecule has 216 valence electrons. The highest BCUT2D eigenvalue weighted by atomic mass is 19.4. The number of carbonyl (C=O) groups excluding carboxylic acids is 1. The summed E-state index contributed by atoms with van der Waals surface area (Å²) in [6.07, 6.45) is -3.56. The van der Waals surface area contributed by atoms with Crippen molar-refractivity contribution in [1.82, 2.24) is 9.97 Å². The minimum atomic E-state index is -5.08. The number of fused-ring (bicyclic) bond motifs is 3. The molecule has 0 saturated heterocycles. The summed E-state index contributed by atoms with van der Waals surface area (Å²) in [4.78, 5) is 30.2. The van der Waals surface area contributed by atoms with E-state index in [2.05, 4.69) is 32.7 Å². The molecule has 0 fully saturated rings. The molecule has 0 atom stereocenters. The molecule has 2 aromatic heterocycles. The first-order valence-electron chi connectivity index (χ1n) is 12.7. The van der Waals surface area contributed by atoms with Crippen LogP contribution in [0.1, 0.15) is 10.4 Å². The molecule has 43 heavy (non-hydrogen) atoms. The number of alkyl halides is 3. The number of aromatic nitrogens is 2. The van der Waals surface area contributed by atoms with Gasteiger partial charge in [0, 0.05) is 39.5 Å². The fourth-order valence-electron chi connectivity index (χ4n) is 4.21. The third-order valence-electron chi connectivity index (χ3n) is 6.21. The first kappa shape index (κ1) is 28.6. The first-order valence-corrected chi connectivity index (χ1v) is 12.7. The van der Waals surface area contributed by atoms with Gasteiger partial charge in [0.05, 0.1) is 11.3 Å². The number of nitrogens with one attached hydrogen (secondary N) is 2. The lowest BCUT2D eigenvalue weighted by atomic mass is 10.1. The molecule has 6 rings (SSSR count). The number of nitrogen functional groups attached to an aromatic ring is 1. The molecule has 2 heterocycles. The Bertz CT molecular complexity index is 1940. The highest BCUT2D eigenvalue weighted by Gasteiger charge is 2.38. The molecule has 4 aromatic carbocycles. The molecule has 6 aromatic rings. The van der Waals surface area contributed by atoms with Crippen LogP contribution >= 0.6 is 0 Å². The zero-order valence-electron chi connectivity index (χ0n) is 22.1. The number of aliphatic carboxylic acids is 1. The topological polar surface area (TPSA) is 143 Å². The zero-order valence-corrected chi connectivity index (χ0v) is 22.1. The Morgan fingerprint density at radius 3 is 2.19 bits per heavy atom. The molecule has 0 saturated carbocycles. The van der Waals surface area contributed by atoms with Crippen LogP contribution in [0.5, 0.6) is 0 Å². The van der Waals surface area contributed by atoms with E-state index in [0.29, 0.717) is 22.8 Å². The van der Waals surface area contributed by atoms with Gasteiger partial charge in [0.25, 0.3) is 5.91 Å². The number of nitrogens with zero attached hydrogens (tertiary/aromatic N) is 2. The number of anilines is 4. The maximum absolute atomic E-state index is 12.5. The van der Waals surface area contributed by atoms with E-state index in [1.807, 2.05) is 60.7 Å². The maximum Gasteiger partial charge on any atom is 0.490 e. The number of para-hydroxylation sites is 3. The van der Waals surface area contributed by atoms with Crippen LogP contribution in [-0.2, 0) is 4.79 Å². The number of amides is 1. The highest BCUT2D eigenvalue weighted by Crippen LogP contribution is 2.35. The minimum Gasteiger partial charge on any atom is -0.475 e. The third kappa shape index (κ3) is 6.54. The van der Waals surface area contributed by atoms with E-state index in [-0.39, 0.29) is 5.91 Å². The standard InChI is InChI=1S/C29H21N5O2.C2HF3O2/c30-24-10-3-1-7-22(24)29(35)34-19-14-12-18(13-15-19)33-27-16-25(31-17-32-27)23-9-5-8-21-20-6-2-4-11-26(20)36-28(21)23;3-2(4,5)1(6)7/h1-17H,30H2,(H,34,35)(H,31,32,33);(H,6,7). The van der Waals surface area contributed by atoms with Crippen molar-refractivity contribution in [3.63, 3.8) is 0 Å². The molecule has 5 N–H and O–H groups in total. The van der Waals surface area contributed by atoms with E-state index in [0.717, 1.165) is 38.9 Å². The van der Waals surface area contributed by atoms with Gasteiger partial charge in [-0.15, -0.1) is 0 Å². The Balaban J connectivity index is 0.000000472. The number of halogens is 3. The van der Waals surface area contributed by atoms with Gasteiger partial charge in [0.15, 0.2) is 0 Å². The average molecular weight is 586 g/mol. The quantitative estimate of drug-likeness (QED) is 0.155. The van der Waals surface area contributed by atoms with E-state index < -0.39 is 12.1 Å². The molecular weight excluding hydrogens is 563 g/mol. The Morgan fingerprint density at radius 2 is 1.47 bits per heavy atom. The molecule has 0 aliphatic rings. The normalized spacial score (nSPS) is 11.0. The van der Waals surface area contributed by atoms with Gasteiger partial charge in [0.2, 0.25) is 0 Å². The minimum absolute atomic E-state index is 0.256. The Hall–Kier alpha value is -5.91. The number of nitrogens with two attached hydrogens (primary N) is 1. The van der Waals surface area contributed by atoms with Crippen molar-refractivity contribution < 1.29 is 32.3 Å². The molecule has 0 aliphatic heterocycles. The van der Waals surface area contributed by atoms with Crippen LogP contribution in [0, 0.1) is 0 Å². The van der Waals surface area contributed by atoms with Crippen molar-refractivity contribution in [2.75, 3.05) is 16.4 Å². The lowest BCUT2D eigenvalue weighted by Gasteiger charge is -2.10. The molecule has 0 spiro atoms. The SMILES string of the molecule is Nc1ccccc1C(=O)Nc1ccc(Nc2cc(-c3cccc4c3oc3ccccc34)ncn2)cc1.O=C(O)C(F)(F)F. The molecule has 0 bridgehead atoms. The number of hydrogen-bond donors (Lipinski definition) is 4. The third-order valence-corrected chi connectivity index (χ3v) is 6.21. The highest BCUT2D eigenvalue weighted by molar-refractivity contribution is 6.09. The maximum atomic E-state index is 12.5. The summed E-state index contributed by atoms with van der Waals surface area (Å²) >= 11 is 0. The zero-order chi connectivity index (χ0) is 30.6. The first-order chi connectivity index (χ1) is 20.6. The van der Waals surface area contributed by atoms with E-state index in [4.69, 9.17) is 20.1 Å². The van der Waals surface area contributed by atoms with Gasteiger partial charge in [-0.2, -0.15) is 13.2 Å². The van der Waals surface area contributed by atoms with Gasteiger partial charge in [0.1, 0.15) is 23.3 Å². The van der Waals surface area contributed by atoms with Crippen molar-refractivity contribution in [2.24, 2.45) is 0 Å². The summed E-state index contributed by atoms with van der Waals surface area (Å²) in [5.74, 6) is -2.37. The second-order valence-corrected chi connectivity index (χ2v) is 9.12. The lowest BCUT2D eigenvalue weighted by Crippen LogP contribution is -2.21. The van der Waals surface area contributed by atoms with Crippen molar-refractivity contribution in [1.29, 1.82) is 0 Å². The van der Waals surface area contributed by atoms with Gasteiger partial charge in [-0.3, -0.25) is 4.79 Å². The van der Waals surface area contributed by atoms with Crippen LogP contribution in [0.25, 0.3) is 33.2 Å². The predicted molar refractivity (Wildman–Crippen MR) is 157 cm³/mol. The predicted octanol–water partition coefficient (Wildman–Crippen LogP) is 7.25. The van der Waals surface area contributed by atoms with Crippen molar-refractivity contribution in [3.8, 4) is 11.3 Å². The Morgan fingerprint density at radius 1 is 0.814 bits per heavy atom. The van der Waals surface area contributed by atoms with E-state index in [1.165, 1.54) is 6.33 Å². The van der Waals surface area contributed by atoms with Gasteiger partial charge in [-0.05, 0) is 48.5 Å². The molecule has 9 nitrogen and oxygen atoms in total. The largest absolute Gasteiger partial charge is 0.490 e. The lowest BCUT2D eigenvalue weighted by molar-refractivity contribution is -0.192. The molecule has 0 aliphatic carbocycles. The summed E-state index contributed by atoms with van der Waals surface area (Å²) in [7, 11) is 0. The van der Waals surface area contributed by atoms with E-state index >= 15 is 0 Å². The number of hydrogen-bond acceptors (Lipinski definition) is 7. The molecule has 0 radical (unpaired) electrons. The van der Waals surface area contributed by atoms with Gasteiger partial charge in [-0.1, -0.05) is 42.5 Å². The summed E-state index contributed by atoms with van der Waals surface area (Å²) in [5.41, 5.74) is 11.5. The summed E-state index contributed by atoms with van der Waals surface area (Å²) in [6, 6.07) is 30.3. The van der Waals surface area contributed by atoms with Gasteiger partial charge < -0.3 is 25.9 Å². The number of carboxylic acid groups (broad SMARTS) is 1. The van der Waals surface area contributed by atoms with E-state index in [9.17, 15) is 18.0 Å². The van der Waals surface area contributed by atoms with Crippen LogP contribution in [0.4, 0.5) is 36.1 Å². The van der Waals surface area contributed by atoms with Crippen LogP contribution in [0.2, 0.25) is 0 Å². The van der Waals surface area contributed by atoms with Crippen LogP contribution in [-0.4, -0.2) is 33.1 Å². The number of carbonyl (C=O) groups is 2. The van der Waals surface area contributed by atoms with Crippen LogP contribution in [0.3, 0.4) is 0 Å². The number of furan rings is 1. The van der Waals surface area contributed by atoms with Crippen molar-refractivity contribution in [2.45, 2.75) is 6.18 Å². The summed E-state index contributed by atoms with van der Waals surface area (Å²) in [6.45, 7) is 0. The number of rotatable bonds is 5. The Labute approximate surface area is 241 Å². The fraction of sp³-hybridized carbons (Fsp3) is 0.0323. The van der Waals surface area contributed by atoms with Crippen molar-refractivity contribution >= 4 is 56.7 Å². The summed E-state index contributed by atoms with van der Waals surface area (Å²) in [5, 5.41) is 15.4. The Kier molecular flexibility index (Phi) is 7.92. The molecular formula is C31H22F3N5O4. The monoisotopic (exact) mass is 585 g/mol. The molecule has 12 heteroatoms. The average Bonchev–Trinajstić information content (AvgIpc) is 3.37. The summed E-state index contributed by atoms with van der Waals surface area (Å²) < 4.78 is 37.9. The van der Waals surface area contributed by atoms with Crippen molar-refractivity contribution in [3.05, 3.63) is 109 Å². The fourth-order valence-corrected chi connectivity index (χ4v) is 4.21. The second kappa shape index (κ2) is 11.9. The number of carboxylic acids is 1. The smallest absolute Gasteiger partial charge is 0.475 e. The van der Waals surface area contributed by atoms with Crippen LogP contribution < -0.4 is 16.4 Å². The number of benzene rings is 4. The van der Waals surface area contributed by atoms with Crippen LogP contribution in [0.15, 0.2) is 108 Å². The van der Waals surface area contributed by atoms with E-state index in [1.54, 1.807) is 24.3 Å². The second-order valence-electron chi connectivity index (χ2n) is 9.12. The molecule has 1 amide bonds. The van der Waals surface area contributed by atoms with Gasteiger partial charge in [-0.25, -0.2) is 14.8 Å². The molecule has 0 unspecified atom stereocenters.